The van der Waals surface area contributed by atoms with E-state index >= 15 is 0 Å². The molecule has 1 aromatic heterocycles. The van der Waals surface area contributed by atoms with E-state index in [1.807, 2.05) is 0 Å². The predicted octanol–water partition coefficient (Wildman–Crippen LogP) is 3.97. The Morgan fingerprint density at radius 1 is 1.35 bits per heavy atom. The molecule has 8 heteroatoms. The van der Waals surface area contributed by atoms with Crippen LogP contribution in [0.1, 0.15) is 20.9 Å². The van der Waals surface area contributed by atoms with Crippen molar-refractivity contribution < 1.29 is 27.5 Å². The highest BCUT2D eigenvalue weighted by atomic mass is 32.1. The average molecular weight is 305 g/mol. The molecule has 0 amide bonds. The van der Waals surface area contributed by atoms with Crippen LogP contribution in [0.25, 0.3) is 10.6 Å². The minimum absolute atomic E-state index is 0.174. The molecule has 1 N–H and O–H groups in total. The van der Waals surface area contributed by atoms with E-state index in [0.29, 0.717) is 18.2 Å². The Bertz CT molecular complexity index is 679. The molecule has 0 aliphatic rings. The molecule has 2 aromatic rings. The van der Waals surface area contributed by atoms with Crippen molar-refractivity contribution in [3.05, 3.63) is 40.2 Å². The van der Waals surface area contributed by atoms with Crippen LogP contribution in [-0.2, 0) is 6.18 Å². The first-order valence-corrected chi connectivity index (χ1v) is 6.09. The van der Waals surface area contributed by atoms with Gasteiger partial charge in [0.2, 0.25) is 0 Å². The maximum atomic E-state index is 13.2. The molecule has 0 radical (unpaired) electrons. The van der Waals surface area contributed by atoms with Crippen LogP contribution in [0.15, 0.2) is 18.2 Å². The van der Waals surface area contributed by atoms with Gasteiger partial charge in [0, 0.05) is 10.4 Å². The van der Waals surface area contributed by atoms with Gasteiger partial charge in [0.05, 0.1) is 5.56 Å². The van der Waals surface area contributed by atoms with E-state index < -0.39 is 29.1 Å². The summed E-state index contributed by atoms with van der Waals surface area (Å²) in [6, 6.07) is 2.01. The zero-order chi connectivity index (χ0) is 15.1. The van der Waals surface area contributed by atoms with E-state index in [2.05, 4.69) is 4.98 Å². The van der Waals surface area contributed by atoms with Gasteiger partial charge in [0.1, 0.15) is 10.8 Å². The molecule has 0 unspecified atom stereocenters. The van der Waals surface area contributed by atoms with Gasteiger partial charge >= 0.3 is 12.1 Å². The lowest BCUT2D eigenvalue weighted by atomic mass is 10.1. The number of carboxylic acids is 1. The Labute approximate surface area is 114 Å². The molecule has 0 fully saturated rings. The van der Waals surface area contributed by atoms with E-state index in [-0.39, 0.29) is 15.6 Å². The number of alkyl halides is 3. The fraction of sp³-hybridized carbons (Fsp3) is 0.167. The van der Waals surface area contributed by atoms with Crippen LogP contribution in [-0.4, -0.2) is 16.1 Å². The number of hydrogen-bond donors (Lipinski definition) is 1. The topological polar surface area (TPSA) is 50.2 Å². The Morgan fingerprint density at radius 3 is 2.50 bits per heavy atom. The zero-order valence-electron chi connectivity index (χ0n) is 9.95. The van der Waals surface area contributed by atoms with Crippen LogP contribution >= 0.6 is 11.3 Å². The molecule has 0 aliphatic carbocycles. The van der Waals surface area contributed by atoms with Gasteiger partial charge in [-0.1, -0.05) is 0 Å². The van der Waals surface area contributed by atoms with Gasteiger partial charge in [-0.2, -0.15) is 13.2 Å². The van der Waals surface area contributed by atoms with Crippen molar-refractivity contribution in [3.8, 4) is 10.6 Å². The molecule has 0 aliphatic heterocycles. The Balaban J connectivity index is 2.66. The number of thiazole rings is 1. The number of carboxylic acid groups (broad SMARTS) is 1. The number of aryl methyl sites for hydroxylation is 1. The number of aromatic nitrogens is 1. The predicted molar refractivity (Wildman–Crippen MR) is 64.2 cm³/mol. The number of carbonyl (C=O) groups is 1. The summed E-state index contributed by atoms with van der Waals surface area (Å²) in [5.74, 6) is -2.19. The maximum Gasteiger partial charge on any atom is 0.417 e. The number of benzene rings is 1. The SMILES string of the molecule is Cc1sc(-c2cc(F)ccc2C(F)(F)F)nc1C(=O)O. The molecule has 0 bridgehead atoms. The largest absolute Gasteiger partial charge is 0.476 e. The van der Waals surface area contributed by atoms with E-state index in [1.165, 1.54) is 6.92 Å². The normalized spacial score (nSPS) is 11.7. The van der Waals surface area contributed by atoms with Crippen molar-refractivity contribution in [1.82, 2.24) is 4.98 Å². The minimum Gasteiger partial charge on any atom is -0.476 e. The number of halogens is 4. The fourth-order valence-electron chi connectivity index (χ4n) is 1.65. The second kappa shape index (κ2) is 4.86. The van der Waals surface area contributed by atoms with Gasteiger partial charge in [-0.15, -0.1) is 11.3 Å². The molecule has 106 valence electrons. The number of nitrogens with zero attached hydrogens (tertiary/aromatic N) is 1. The molecule has 20 heavy (non-hydrogen) atoms. The van der Waals surface area contributed by atoms with Gasteiger partial charge < -0.3 is 5.11 Å². The maximum absolute atomic E-state index is 13.2. The summed E-state index contributed by atoms with van der Waals surface area (Å²) < 4.78 is 51.8. The summed E-state index contributed by atoms with van der Waals surface area (Å²) in [6.07, 6.45) is -4.67. The molecule has 2 rings (SSSR count). The van der Waals surface area contributed by atoms with Crippen molar-refractivity contribution in [3.63, 3.8) is 0 Å². The smallest absolute Gasteiger partial charge is 0.417 e. The minimum atomic E-state index is -4.67. The average Bonchev–Trinajstić information content (AvgIpc) is 2.69. The van der Waals surface area contributed by atoms with Crippen LogP contribution in [0, 0.1) is 12.7 Å². The first-order chi connectivity index (χ1) is 9.20. The molecular weight excluding hydrogens is 298 g/mol. The van der Waals surface area contributed by atoms with Gasteiger partial charge in [0.25, 0.3) is 0 Å². The highest BCUT2D eigenvalue weighted by Gasteiger charge is 2.35. The third-order valence-electron chi connectivity index (χ3n) is 2.52. The number of rotatable bonds is 2. The monoisotopic (exact) mass is 305 g/mol. The Kier molecular flexibility index (Phi) is 3.51. The van der Waals surface area contributed by atoms with Crippen molar-refractivity contribution in [1.29, 1.82) is 0 Å². The lowest BCUT2D eigenvalue weighted by molar-refractivity contribution is -0.137. The van der Waals surface area contributed by atoms with Gasteiger partial charge in [-0.05, 0) is 25.1 Å². The van der Waals surface area contributed by atoms with E-state index in [9.17, 15) is 22.4 Å². The Hall–Kier alpha value is -1.96. The second-order valence-electron chi connectivity index (χ2n) is 3.92. The standard InChI is InChI=1S/C12H7F4NO2S/c1-5-9(11(18)19)17-10(20-5)7-4-6(13)2-3-8(7)12(14,15)16/h2-4H,1H3,(H,18,19). The van der Waals surface area contributed by atoms with Crippen LogP contribution in [0.2, 0.25) is 0 Å². The molecule has 0 spiro atoms. The highest BCUT2D eigenvalue weighted by Crippen LogP contribution is 2.39. The van der Waals surface area contributed by atoms with Crippen LogP contribution in [0.3, 0.4) is 0 Å². The molecule has 1 aromatic carbocycles. The lowest BCUT2D eigenvalue weighted by Crippen LogP contribution is -2.07. The van der Waals surface area contributed by atoms with Crippen molar-refractivity contribution >= 4 is 17.3 Å². The van der Waals surface area contributed by atoms with Gasteiger partial charge in [-0.3, -0.25) is 0 Å². The quantitative estimate of drug-likeness (QED) is 0.854. The molecule has 3 nitrogen and oxygen atoms in total. The fourth-order valence-corrected chi connectivity index (χ4v) is 2.59. The van der Waals surface area contributed by atoms with E-state index in [0.717, 1.165) is 11.3 Å². The number of hydrogen-bond acceptors (Lipinski definition) is 3. The third kappa shape index (κ3) is 2.64. The summed E-state index contributed by atoms with van der Waals surface area (Å²) in [5.41, 5.74) is -1.84. The van der Waals surface area contributed by atoms with Crippen molar-refractivity contribution in [2.45, 2.75) is 13.1 Å². The molecule has 1 heterocycles. The summed E-state index contributed by atoms with van der Waals surface area (Å²) in [7, 11) is 0. The van der Waals surface area contributed by atoms with E-state index in [4.69, 9.17) is 5.11 Å². The van der Waals surface area contributed by atoms with E-state index in [1.54, 1.807) is 0 Å². The summed E-state index contributed by atoms with van der Waals surface area (Å²) in [5, 5.41) is 8.68. The van der Waals surface area contributed by atoms with Crippen LogP contribution in [0.5, 0.6) is 0 Å². The second-order valence-corrected chi connectivity index (χ2v) is 5.12. The third-order valence-corrected chi connectivity index (χ3v) is 3.52. The molecule has 0 saturated carbocycles. The van der Waals surface area contributed by atoms with Crippen LogP contribution < -0.4 is 0 Å². The van der Waals surface area contributed by atoms with Gasteiger partial charge in [-0.25, -0.2) is 14.2 Å². The highest BCUT2D eigenvalue weighted by molar-refractivity contribution is 7.15. The van der Waals surface area contributed by atoms with Crippen molar-refractivity contribution in [2.24, 2.45) is 0 Å². The lowest BCUT2D eigenvalue weighted by Gasteiger charge is -2.10. The van der Waals surface area contributed by atoms with Gasteiger partial charge in [0.15, 0.2) is 5.69 Å². The van der Waals surface area contributed by atoms with Crippen molar-refractivity contribution in [2.75, 3.05) is 0 Å². The first kappa shape index (κ1) is 14.4. The molecule has 0 atom stereocenters. The Morgan fingerprint density at radius 2 is 2.00 bits per heavy atom. The summed E-state index contributed by atoms with van der Waals surface area (Å²) in [4.78, 5) is 14.8. The van der Waals surface area contributed by atoms with Crippen LogP contribution in [0.4, 0.5) is 17.6 Å². The zero-order valence-corrected chi connectivity index (χ0v) is 10.8. The summed E-state index contributed by atoms with van der Waals surface area (Å²) in [6.45, 7) is 1.43. The molecular formula is C12H7F4NO2S. The first-order valence-electron chi connectivity index (χ1n) is 5.28. The molecule has 0 saturated heterocycles. The summed E-state index contributed by atoms with van der Waals surface area (Å²) >= 11 is 0.776. The number of aromatic carboxylic acids is 1.